The third-order valence-corrected chi connectivity index (χ3v) is 5.40. The summed E-state index contributed by atoms with van der Waals surface area (Å²) in [4.78, 5) is 2.31. The minimum absolute atomic E-state index is 0.0801. The maximum atomic E-state index is 5.68. The van der Waals surface area contributed by atoms with E-state index in [1.165, 1.54) is 11.1 Å². The zero-order valence-electron chi connectivity index (χ0n) is 17.5. The maximum absolute atomic E-state index is 5.68. The molecule has 4 heteroatoms. The number of rotatable bonds is 4. The van der Waals surface area contributed by atoms with E-state index in [0.717, 1.165) is 41.5 Å². The lowest BCUT2D eigenvalue weighted by Gasteiger charge is -2.37. The molecule has 1 atom stereocenters. The quantitative estimate of drug-likeness (QED) is 0.586. The van der Waals surface area contributed by atoms with Crippen molar-refractivity contribution in [3.8, 4) is 29.1 Å². The van der Waals surface area contributed by atoms with Gasteiger partial charge in [-0.2, -0.15) is 0 Å². The minimum Gasteiger partial charge on any atom is -0.497 e. The largest absolute Gasteiger partial charge is 0.497 e. The zero-order valence-corrected chi connectivity index (χ0v) is 17.5. The number of nitrogens with zero attached hydrogens (tertiary/aromatic N) is 1. The van der Waals surface area contributed by atoms with Crippen molar-refractivity contribution in [3.05, 3.63) is 83.4 Å². The molecule has 3 aromatic rings. The Morgan fingerprint density at radius 2 is 1.63 bits per heavy atom. The molecule has 0 spiro atoms. The monoisotopic (exact) mass is 399 g/mol. The number of hydrogen-bond donors (Lipinski definition) is 0. The van der Waals surface area contributed by atoms with Crippen LogP contribution < -0.4 is 19.1 Å². The fraction of sp³-hybridized carbons (Fsp3) is 0.231. The SMILES string of the molecule is COc1cccc(C#C[C@@H]2c3ccccc3CCN2c2ccc(OC)cc2OC)c1. The molecule has 0 fully saturated rings. The van der Waals surface area contributed by atoms with Crippen LogP contribution in [0.5, 0.6) is 17.2 Å². The molecule has 0 unspecified atom stereocenters. The van der Waals surface area contributed by atoms with Gasteiger partial charge in [0.15, 0.2) is 0 Å². The average Bonchev–Trinajstić information content (AvgIpc) is 2.82. The highest BCUT2D eigenvalue weighted by atomic mass is 16.5. The highest BCUT2D eigenvalue weighted by Gasteiger charge is 2.28. The van der Waals surface area contributed by atoms with Crippen LogP contribution in [0, 0.1) is 11.8 Å². The lowest BCUT2D eigenvalue weighted by atomic mass is 9.92. The van der Waals surface area contributed by atoms with E-state index in [0.29, 0.717) is 0 Å². The highest BCUT2D eigenvalue weighted by Crippen LogP contribution is 2.39. The van der Waals surface area contributed by atoms with Gasteiger partial charge in [-0.1, -0.05) is 42.2 Å². The van der Waals surface area contributed by atoms with E-state index in [1.54, 1.807) is 21.3 Å². The molecule has 30 heavy (non-hydrogen) atoms. The van der Waals surface area contributed by atoms with Crippen molar-refractivity contribution in [2.24, 2.45) is 0 Å². The van der Waals surface area contributed by atoms with Gasteiger partial charge >= 0.3 is 0 Å². The van der Waals surface area contributed by atoms with E-state index in [2.05, 4.69) is 41.0 Å². The molecule has 1 aliphatic heterocycles. The van der Waals surface area contributed by atoms with Crippen molar-refractivity contribution in [1.29, 1.82) is 0 Å². The van der Waals surface area contributed by atoms with Crippen molar-refractivity contribution in [1.82, 2.24) is 0 Å². The summed E-state index contributed by atoms with van der Waals surface area (Å²) in [5.74, 6) is 9.22. The van der Waals surface area contributed by atoms with Crippen LogP contribution in [0.25, 0.3) is 0 Å². The Morgan fingerprint density at radius 3 is 2.43 bits per heavy atom. The number of fused-ring (bicyclic) bond motifs is 1. The van der Waals surface area contributed by atoms with Crippen LogP contribution in [0.15, 0.2) is 66.7 Å². The summed E-state index contributed by atoms with van der Waals surface area (Å²) >= 11 is 0. The van der Waals surface area contributed by atoms with Gasteiger partial charge in [0, 0.05) is 18.2 Å². The van der Waals surface area contributed by atoms with Crippen molar-refractivity contribution in [3.63, 3.8) is 0 Å². The van der Waals surface area contributed by atoms with Crippen LogP contribution in [0.3, 0.4) is 0 Å². The Balaban J connectivity index is 1.78. The van der Waals surface area contributed by atoms with Crippen molar-refractivity contribution < 1.29 is 14.2 Å². The number of benzene rings is 3. The molecule has 0 saturated heterocycles. The Hall–Kier alpha value is -3.58. The first kappa shape index (κ1) is 19.7. The molecule has 152 valence electrons. The molecular weight excluding hydrogens is 374 g/mol. The van der Waals surface area contributed by atoms with E-state index in [1.807, 2.05) is 42.5 Å². The second-order valence-corrected chi connectivity index (χ2v) is 7.08. The Bertz CT molecular complexity index is 1100. The van der Waals surface area contributed by atoms with Gasteiger partial charge in [-0.3, -0.25) is 0 Å². The molecule has 1 aliphatic rings. The first-order chi connectivity index (χ1) is 14.7. The molecule has 0 bridgehead atoms. The van der Waals surface area contributed by atoms with Gasteiger partial charge in [-0.15, -0.1) is 0 Å². The Labute approximate surface area is 178 Å². The van der Waals surface area contributed by atoms with Gasteiger partial charge in [-0.05, 0) is 47.9 Å². The van der Waals surface area contributed by atoms with Crippen molar-refractivity contribution >= 4 is 5.69 Å². The fourth-order valence-corrected chi connectivity index (χ4v) is 3.86. The number of hydrogen-bond acceptors (Lipinski definition) is 4. The van der Waals surface area contributed by atoms with Crippen LogP contribution in [0.1, 0.15) is 22.7 Å². The third kappa shape index (κ3) is 3.92. The van der Waals surface area contributed by atoms with Gasteiger partial charge < -0.3 is 19.1 Å². The standard InChI is InChI=1S/C26H25NO3/c1-28-21-9-6-7-19(17-21)11-13-24-23-10-5-4-8-20(23)15-16-27(24)25-14-12-22(29-2)18-26(25)30-3/h4-10,12,14,17-18,24H,15-16H2,1-3H3/t24-/m1/s1. The van der Waals surface area contributed by atoms with E-state index in [-0.39, 0.29) is 6.04 Å². The predicted octanol–water partition coefficient (Wildman–Crippen LogP) is 4.87. The van der Waals surface area contributed by atoms with Crippen LogP contribution >= 0.6 is 0 Å². The van der Waals surface area contributed by atoms with Crippen LogP contribution in [0.4, 0.5) is 5.69 Å². The predicted molar refractivity (Wildman–Crippen MR) is 120 cm³/mol. The molecule has 4 nitrogen and oxygen atoms in total. The fourth-order valence-electron chi connectivity index (χ4n) is 3.86. The first-order valence-corrected chi connectivity index (χ1v) is 9.95. The first-order valence-electron chi connectivity index (χ1n) is 9.95. The molecule has 0 saturated carbocycles. The van der Waals surface area contributed by atoms with E-state index in [4.69, 9.17) is 14.2 Å². The van der Waals surface area contributed by atoms with Crippen LogP contribution in [0.2, 0.25) is 0 Å². The molecule has 0 aromatic heterocycles. The van der Waals surface area contributed by atoms with Gasteiger partial charge in [0.25, 0.3) is 0 Å². The van der Waals surface area contributed by atoms with Crippen molar-refractivity contribution in [2.45, 2.75) is 12.5 Å². The number of ether oxygens (including phenoxy) is 3. The average molecular weight is 399 g/mol. The molecule has 1 heterocycles. The van der Waals surface area contributed by atoms with Gasteiger partial charge in [0.1, 0.15) is 23.3 Å². The summed E-state index contributed by atoms with van der Waals surface area (Å²) in [6.45, 7) is 0.858. The smallest absolute Gasteiger partial charge is 0.145 e. The molecule has 0 radical (unpaired) electrons. The summed E-state index contributed by atoms with van der Waals surface area (Å²) in [6.07, 6.45) is 0.961. The van der Waals surface area contributed by atoms with Crippen LogP contribution in [-0.2, 0) is 6.42 Å². The summed E-state index contributed by atoms with van der Waals surface area (Å²) in [6, 6.07) is 22.2. The summed E-state index contributed by atoms with van der Waals surface area (Å²) in [7, 11) is 5.02. The lowest BCUT2D eigenvalue weighted by molar-refractivity contribution is 0.393. The van der Waals surface area contributed by atoms with E-state index in [9.17, 15) is 0 Å². The highest BCUT2D eigenvalue weighted by molar-refractivity contribution is 5.65. The Morgan fingerprint density at radius 1 is 0.833 bits per heavy atom. The van der Waals surface area contributed by atoms with E-state index < -0.39 is 0 Å². The molecule has 0 amide bonds. The second kappa shape index (κ2) is 8.84. The maximum Gasteiger partial charge on any atom is 0.145 e. The second-order valence-electron chi connectivity index (χ2n) is 7.08. The summed E-state index contributed by atoms with van der Waals surface area (Å²) in [5.41, 5.74) is 4.51. The van der Waals surface area contributed by atoms with E-state index >= 15 is 0 Å². The third-order valence-electron chi connectivity index (χ3n) is 5.40. The minimum atomic E-state index is -0.0801. The van der Waals surface area contributed by atoms with Gasteiger partial charge in [0.05, 0.1) is 27.0 Å². The Kier molecular flexibility index (Phi) is 5.81. The molecule has 4 rings (SSSR count). The molecular formula is C26H25NO3. The summed E-state index contributed by atoms with van der Waals surface area (Å²) < 4.78 is 16.4. The number of methoxy groups -OCH3 is 3. The number of anilines is 1. The zero-order chi connectivity index (χ0) is 20.9. The lowest BCUT2D eigenvalue weighted by Crippen LogP contribution is -2.35. The van der Waals surface area contributed by atoms with Crippen LogP contribution in [-0.4, -0.2) is 27.9 Å². The molecule has 0 N–H and O–H groups in total. The molecule has 0 aliphatic carbocycles. The topological polar surface area (TPSA) is 30.9 Å². The van der Waals surface area contributed by atoms with Gasteiger partial charge in [-0.25, -0.2) is 0 Å². The van der Waals surface area contributed by atoms with Gasteiger partial charge in [0.2, 0.25) is 0 Å². The van der Waals surface area contributed by atoms with Crippen molar-refractivity contribution in [2.75, 3.05) is 32.8 Å². The summed E-state index contributed by atoms with van der Waals surface area (Å²) in [5, 5.41) is 0. The normalized spacial score (nSPS) is 14.9. The molecule has 3 aromatic carbocycles.